The number of nitrogens with one attached hydrogen (secondary N) is 1. The molecule has 0 aliphatic heterocycles. The van der Waals surface area contributed by atoms with Gasteiger partial charge >= 0.3 is 0 Å². The molecule has 0 saturated heterocycles. The standard InChI is InChI=1S/C12H11ClN2O2S/c1-7-11(18-6-14-7)12(16)15-10-4-3-8(17-2)5-9(10)13/h3-6H,1-2H3,(H,15,16). The van der Waals surface area contributed by atoms with Crippen LogP contribution in [0.2, 0.25) is 5.02 Å². The Labute approximate surface area is 114 Å². The summed E-state index contributed by atoms with van der Waals surface area (Å²) < 4.78 is 5.04. The molecule has 2 aromatic rings. The van der Waals surface area contributed by atoms with Crippen molar-refractivity contribution in [3.05, 3.63) is 39.3 Å². The smallest absolute Gasteiger partial charge is 0.267 e. The van der Waals surface area contributed by atoms with Gasteiger partial charge in [0.15, 0.2) is 0 Å². The number of hydrogen-bond donors (Lipinski definition) is 1. The highest BCUT2D eigenvalue weighted by Crippen LogP contribution is 2.27. The second-order valence-electron chi connectivity index (χ2n) is 3.57. The topological polar surface area (TPSA) is 51.2 Å². The first-order valence-corrected chi connectivity index (χ1v) is 6.42. The number of aryl methyl sites for hydroxylation is 1. The summed E-state index contributed by atoms with van der Waals surface area (Å²) in [6, 6.07) is 5.09. The third-order valence-electron chi connectivity index (χ3n) is 2.38. The molecule has 1 amide bonds. The van der Waals surface area contributed by atoms with Crippen molar-refractivity contribution in [3.63, 3.8) is 0 Å². The van der Waals surface area contributed by atoms with E-state index in [-0.39, 0.29) is 5.91 Å². The van der Waals surface area contributed by atoms with Crippen LogP contribution in [0, 0.1) is 6.92 Å². The molecule has 4 nitrogen and oxygen atoms in total. The zero-order valence-electron chi connectivity index (χ0n) is 9.86. The number of rotatable bonds is 3. The maximum atomic E-state index is 12.0. The number of methoxy groups -OCH3 is 1. The molecular weight excluding hydrogens is 272 g/mol. The van der Waals surface area contributed by atoms with Crippen molar-refractivity contribution < 1.29 is 9.53 Å². The molecule has 1 N–H and O–H groups in total. The highest BCUT2D eigenvalue weighted by atomic mass is 35.5. The maximum absolute atomic E-state index is 12.0. The van der Waals surface area contributed by atoms with Crippen LogP contribution in [0.25, 0.3) is 0 Å². The summed E-state index contributed by atoms with van der Waals surface area (Å²) in [6.45, 7) is 1.79. The third-order valence-corrected chi connectivity index (χ3v) is 3.62. The SMILES string of the molecule is COc1ccc(NC(=O)c2scnc2C)c(Cl)c1. The number of hydrogen-bond acceptors (Lipinski definition) is 4. The Morgan fingerprint density at radius 3 is 2.83 bits per heavy atom. The zero-order chi connectivity index (χ0) is 13.1. The van der Waals surface area contributed by atoms with Crippen LogP contribution >= 0.6 is 22.9 Å². The fraction of sp³-hybridized carbons (Fsp3) is 0.167. The van der Waals surface area contributed by atoms with Crippen LogP contribution in [0.3, 0.4) is 0 Å². The zero-order valence-corrected chi connectivity index (χ0v) is 11.4. The molecule has 1 aromatic heterocycles. The minimum Gasteiger partial charge on any atom is -0.497 e. The van der Waals surface area contributed by atoms with Crippen LogP contribution in [-0.2, 0) is 0 Å². The predicted octanol–water partition coefficient (Wildman–Crippen LogP) is 3.37. The Balaban J connectivity index is 2.20. The molecule has 0 bridgehead atoms. The second-order valence-corrected chi connectivity index (χ2v) is 4.83. The molecule has 0 saturated carbocycles. The number of benzene rings is 1. The molecule has 1 heterocycles. The normalized spacial score (nSPS) is 10.2. The minimum atomic E-state index is -0.206. The Morgan fingerprint density at radius 2 is 2.28 bits per heavy atom. The molecule has 1 aromatic carbocycles. The second kappa shape index (κ2) is 5.37. The van der Waals surface area contributed by atoms with Gasteiger partial charge in [-0.3, -0.25) is 4.79 Å². The molecule has 0 fully saturated rings. The van der Waals surface area contributed by atoms with Crippen molar-refractivity contribution in [2.75, 3.05) is 12.4 Å². The number of carbonyl (C=O) groups is 1. The van der Waals surface area contributed by atoms with Gasteiger partial charge in [0.25, 0.3) is 5.91 Å². The summed E-state index contributed by atoms with van der Waals surface area (Å²) in [7, 11) is 1.56. The Hall–Kier alpha value is -1.59. The van der Waals surface area contributed by atoms with Gasteiger partial charge in [0, 0.05) is 6.07 Å². The summed E-state index contributed by atoms with van der Waals surface area (Å²) in [5.74, 6) is 0.439. The van der Waals surface area contributed by atoms with Crippen LogP contribution in [0.5, 0.6) is 5.75 Å². The number of nitrogens with zero attached hydrogens (tertiary/aromatic N) is 1. The molecule has 0 spiro atoms. The first-order chi connectivity index (χ1) is 8.61. The average molecular weight is 283 g/mol. The van der Waals surface area contributed by atoms with Crippen LogP contribution in [0.1, 0.15) is 15.4 Å². The van der Waals surface area contributed by atoms with Gasteiger partial charge in [0.1, 0.15) is 10.6 Å². The largest absolute Gasteiger partial charge is 0.497 e. The van der Waals surface area contributed by atoms with E-state index in [0.717, 1.165) is 0 Å². The molecule has 0 aliphatic carbocycles. The van der Waals surface area contributed by atoms with Gasteiger partial charge in [-0.25, -0.2) is 4.98 Å². The van der Waals surface area contributed by atoms with E-state index in [0.29, 0.717) is 27.0 Å². The van der Waals surface area contributed by atoms with Gasteiger partial charge < -0.3 is 10.1 Å². The number of ether oxygens (including phenoxy) is 1. The lowest BCUT2D eigenvalue weighted by molar-refractivity contribution is 0.103. The van der Waals surface area contributed by atoms with Crippen LogP contribution in [0.4, 0.5) is 5.69 Å². The molecule has 0 atom stereocenters. The van der Waals surface area contributed by atoms with Gasteiger partial charge in [0.05, 0.1) is 29.0 Å². The molecular formula is C12H11ClN2O2S. The third kappa shape index (κ3) is 2.63. The fourth-order valence-electron chi connectivity index (χ4n) is 1.42. The predicted molar refractivity (Wildman–Crippen MR) is 72.8 cm³/mol. The van der Waals surface area contributed by atoms with Gasteiger partial charge in [-0.2, -0.15) is 0 Å². The Kier molecular flexibility index (Phi) is 3.84. The molecule has 94 valence electrons. The molecule has 0 radical (unpaired) electrons. The summed E-state index contributed by atoms with van der Waals surface area (Å²) in [6.07, 6.45) is 0. The Bertz CT molecular complexity index is 583. The summed E-state index contributed by atoms with van der Waals surface area (Å²) in [5, 5.41) is 3.18. The quantitative estimate of drug-likeness (QED) is 0.939. The summed E-state index contributed by atoms with van der Waals surface area (Å²) in [5.41, 5.74) is 2.90. The van der Waals surface area contributed by atoms with E-state index in [1.54, 1.807) is 37.7 Å². The van der Waals surface area contributed by atoms with Crippen molar-refractivity contribution in [2.45, 2.75) is 6.92 Å². The number of anilines is 1. The highest BCUT2D eigenvalue weighted by molar-refractivity contribution is 7.12. The molecule has 0 aliphatic rings. The van der Waals surface area contributed by atoms with Gasteiger partial charge in [-0.1, -0.05) is 11.6 Å². The van der Waals surface area contributed by atoms with Crippen molar-refractivity contribution in [3.8, 4) is 5.75 Å². The Morgan fingerprint density at radius 1 is 1.50 bits per heavy atom. The van der Waals surface area contributed by atoms with Crippen LogP contribution in [-0.4, -0.2) is 18.0 Å². The molecule has 6 heteroatoms. The lowest BCUT2D eigenvalue weighted by atomic mass is 10.3. The van der Waals surface area contributed by atoms with Gasteiger partial charge in [0.2, 0.25) is 0 Å². The van der Waals surface area contributed by atoms with Gasteiger partial charge in [-0.15, -0.1) is 11.3 Å². The van der Waals surface area contributed by atoms with Crippen molar-refractivity contribution in [2.24, 2.45) is 0 Å². The summed E-state index contributed by atoms with van der Waals surface area (Å²) in [4.78, 5) is 16.6. The average Bonchev–Trinajstić information content (AvgIpc) is 2.78. The van der Waals surface area contributed by atoms with E-state index < -0.39 is 0 Å². The first kappa shape index (κ1) is 12.9. The van der Waals surface area contributed by atoms with E-state index in [1.807, 2.05) is 0 Å². The number of halogens is 1. The monoisotopic (exact) mass is 282 g/mol. The fourth-order valence-corrected chi connectivity index (χ4v) is 2.34. The van der Waals surface area contributed by atoms with Crippen molar-refractivity contribution >= 4 is 34.5 Å². The van der Waals surface area contributed by atoms with E-state index in [2.05, 4.69) is 10.3 Å². The number of aromatic nitrogens is 1. The van der Waals surface area contributed by atoms with Crippen molar-refractivity contribution in [1.82, 2.24) is 4.98 Å². The number of thiazole rings is 1. The maximum Gasteiger partial charge on any atom is 0.267 e. The minimum absolute atomic E-state index is 0.206. The van der Waals surface area contributed by atoms with Gasteiger partial charge in [-0.05, 0) is 19.1 Å². The van der Waals surface area contributed by atoms with Crippen LogP contribution < -0.4 is 10.1 Å². The number of carbonyl (C=O) groups excluding carboxylic acids is 1. The number of amides is 1. The lowest BCUT2D eigenvalue weighted by Gasteiger charge is -2.08. The van der Waals surface area contributed by atoms with E-state index in [9.17, 15) is 4.79 Å². The van der Waals surface area contributed by atoms with Crippen LogP contribution in [0.15, 0.2) is 23.7 Å². The van der Waals surface area contributed by atoms with E-state index in [1.165, 1.54) is 11.3 Å². The first-order valence-electron chi connectivity index (χ1n) is 5.17. The van der Waals surface area contributed by atoms with E-state index in [4.69, 9.17) is 16.3 Å². The molecule has 18 heavy (non-hydrogen) atoms. The molecule has 2 rings (SSSR count). The van der Waals surface area contributed by atoms with Crippen molar-refractivity contribution in [1.29, 1.82) is 0 Å². The lowest BCUT2D eigenvalue weighted by Crippen LogP contribution is -2.11. The highest BCUT2D eigenvalue weighted by Gasteiger charge is 2.13. The molecule has 0 unspecified atom stereocenters. The van der Waals surface area contributed by atoms with E-state index >= 15 is 0 Å². The summed E-state index contributed by atoms with van der Waals surface area (Å²) >= 11 is 7.35.